The Labute approximate surface area is 127 Å². The van der Waals surface area contributed by atoms with Crippen LogP contribution in [0.3, 0.4) is 0 Å². The van der Waals surface area contributed by atoms with Gasteiger partial charge >= 0.3 is 0 Å². The van der Waals surface area contributed by atoms with Crippen LogP contribution in [-0.4, -0.2) is 28.0 Å². The molecule has 6 heteroatoms. The molecule has 0 saturated carbocycles. The highest BCUT2D eigenvalue weighted by molar-refractivity contribution is 5.85. The Balaban J connectivity index is 0.00000162. The fraction of sp³-hybridized carbons (Fsp3) is 0.538. The molecule has 0 amide bonds. The lowest BCUT2D eigenvalue weighted by molar-refractivity contribution is 0.284. The number of hydrogen-bond donors (Lipinski definition) is 1. The fourth-order valence-corrected chi connectivity index (χ4v) is 2.09. The number of aromatic nitrogens is 2. The maximum atomic E-state index is 5.90. The summed E-state index contributed by atoms with van der Waals surface area (Å²) in [4.78, 5) is 10.8. The Hall–Kier alpha value is -0.840. The Morgan fingerprint density at radius 3 is 2.63 bits per heavy atom. The fourth-order valence-electron chi connectivity index (χ4n) is 2.09. The van der Waals surface area contributed by atoms with Crippen LogP contribution in [0.15, 0.2) is 17.8 Å². The molecule has 2 N–H and O–H groups in total. The zero-order valence-corrected chi connectivity index (χ0v) is 13.1. The molecule has 0 atom stereocenters. The average molecular weight is 305 g/mol. The average Bonchev–Trinajstić information content (AvgIpc) is 2.34. The molecule has 19 heavy (non-hydrogen) atoms. The number of aryl methyl sites for hydroxylation is 1. The standard InChI is InChI=1S/C13H20N4.2ClH/c1-3-11-4-6-17(7-5-11)9-12-8-15-10(2)16-13(12)14;;/h4,8H,3,5-7,9H2,1-2H3,(H2,14,15,16);2*1H. The van der Waals surface area contributed by atoms with Crippen molar-refractivity contribution in [3.05, 3.63) is 29.2 Å². The summed E-state index contributed by atoms with van der Waals surface area (Å²) in [6.07, 6.45) is 6.51. The number of halogens is 2. The maximum Gasteiger partial charge on any atom is 0.131 e. The molecule has 1 aromatic heterocycles. The topological polar surface area (TPSA) is 55.0 Å². The third kappa shape index (κ3) is 4.97. The number of rotatable bonds is 3. The molecule has 0 unspecified atom stereocenters. The van der Waals surface area contributed by atoms with Crippen LogP contribution >= 0.6 is 24.8 Å². The van der Waals surface area contributed by atoms with Gasteiger partial charge in [0, 0.05) is 31.4 Å². The van der Waals surface area contributed by atoms with E-state index in [4.69, 9.17) is 5.73 Å². The number of anilines is 1. The summed E-state index contributed by atoms with van der Waals surface area (Å²) >= 11 is 0. The first-order valence-electron chi connectivity index (χ1n) is 6.17. The lowest BCUT2D eigenvalue weighted by Crippen LogP contribution is -2.28. The van der Waals surface area contributed by atoms with Crippen molar-refractivity contribution >= 4 is 30.6 Å². The molecule has 2 rings (SSSR count). The predicted molar refractivity (Wildman–Crippen MR) is 83.9 cm³/mol. The first-order valence-corrected chi connectivity index (χ1v) is 6.17. The first-order chi connectivity index (χ1) is 8.19. The molecule has 1 aliphatic heterocycles. The van der Waals surface area contributed by atoms with Gasteiger partial charge in [-0.25, -0.2) is 9.97 Å². The van der Waals surface area contributed by atoms with Crippen LogP contribution in [0.4, 0.5) is 5.82 Å². The normalized spacial score (nSPS) is 15.2. The minimum Gasteiger partial charge on any atom is -0.383 e. The SMILES string of the molecule is CCC1=CCN(Cc2cnc(C)nc2N)CC1.Cl.Cl. The Bertz CT molecular complexity index is 435. The van der Waals surface area contributed by atoms with Crippen molar-refractivity contribution in [2.75, 3.05) is 18.8 Å². The molecule has 2 heterocycles. The first kappa shape index (κ1) is 18.2. The van der Waals surface area contributed by atoms with Gasteiger partial charge in [-0.2, -0.15) is 0 Å². The van der Waals surface area contributed by atoms with Crippen LogP contribution < -0.4 is 5.73 Å². The molecular weight excluding hydrogens is 283 g/mol. The van der Waals surface area contributed by atoms with E-state index in [0.29, 0.717) is 5.82 Å². The summed E-state index contributed by atoms with van der Waals surface area (Å²) in [6.45, 7) is 7.04. The summed E-state index contributed by atoms with van der Waals surface area (Å²) in [5.74, 6) is 1.35. The van der Waals surface area contributed by atoms with Gasteiger partial charge in [-0.1, -0.05) is 18.6 Å². The van der Waals surface area contributed by atoms with E-state index in [-0.39, 0.29) is 24.8 Å². The highest BCUT2D eigenvalue weighted by Crippen LogP contribution is 2.17. The molecule has 0 aromatic carbocycles. The monoisotopic (exact) mass is 304 g/mol. The van der Waals surface area contributed by atoms with E-state index >= 15 is 0 Å². The molecule has 1 aliphatic rings. The second kappa shape index (κ2) is 8.35. The van der Waals surface area contributed by atoms with Crippen LogP contribution in [0, 0.1) is 6.92 Å². The molecule has 4 nitrogen and oxygen atoms in total. The van der Waals surface area contributed by atoms with Crippen LogP contribution in [-0.2, 0) is 6.54 Å². The number of hydrogen-bond acceptors (Lipinski definition) is 4. The van der Waals surface area contributed by atoms with Crippen molar-refractivity contribution in [2.24, 2.45) is 0 Å². The zero-order chi connectivity index (χ0) is 12.3. The van der Waals surface area contributed by atoms with Crippen molar-refractivity contribution < 1.29 is 0 Å². The van der Waals surface area contributed by atoms with E-state index in [0.717, 1.165) is 31.0 Å². The van der Waals surface area contributed by atoms with E-state index in [9.17, 15) is 0 Å². The van der Waals surface area contributed by atoms with E-state index in [1.165, 1.54) is 12.8 Å². The second-order valence-corrected chi connectivity index (χ2v) is 4.53. The minimum atomic E-state index is 0. The highest BCUT2D eigenvalue weighted by Gasteiger charge is 2.12. The Morgan fingerprint density at radius 1 is 1.37 bits per heavy atom. The molecule has 0 spiro atoms. The van der Waals surface area contributed by atoms with Crippen molar-refractivity contribution in [1.82, 2.24) is 14.9 Å². The molecule has 108 valence electrons. The molecule has 0 aliphatic carbocycles. The van der Waals surface area contributed by atoms with Crippen molar-refractivity contribution in [1.29, 1.82) is 0 Å². The van der Waals surface area contributed by atoms with Gasteiger partial charge in [0.1, 0.15) is 11.6 Å². The van der Waals surface area contributed by atoms with E-state index in [2.05, 4.69) is 27.9 Å². The molecule has 0 saturated heterocycles. The van der Waals surface area contributed by atoms with Crippen molar-refractivity contribution in [2.45, 2.75) is 33.2 Å². The lowest BCUT2D eigenvalue weighted by atomic mass is 10.1. The molecule has 0 fully saturated rings. The van der Waals surface area contributed by atoms with Gasteiger partial charge < -0.3 is 5.73 Å². The highest BCUT2D eigenvalue weighted by atomic mass is 35.5. The molecular formula is C13H22Cl2N4. The van der Waals surface area contributed by atoms with Crippen LogP contribution in [0.1, 0.15) is 31.2 Å². The van der Waals surface area contributed by atoms with Gasteiger partial charge in [0.05, 0.1) is 0 Å². The summed E-state index contributed by atoms with van der Waals surface area (Å²) < 4.78 is 0. The smallest absolute Gasteiger partial charge is 0.131 e. The van der Waals surface area contributed by atoms with Crippen LogP contribution in [0.25, 0.3) is 0 Å². The van der Waals surface area contributed by atoms with Gasteiger partial charge in [0.2, 0.25) is 0 Å². The summed E-state index contributed by atoms with van der Waals surface area (Å²) in [6, 6.07) is 0. The van der Waals surface area contributed by atoms with Gasteiger partial charge in [-0.3, -0.25) is 4.90 Å². The zero-order valence-electron chi connectivity index (χ0n) is 11.4. The lowest BCUT2D eigenvalue weighted by Gasteiger charge is -2.26. The maximum absolute atomic E-state index is 5.90. The van der Waals surface area contributed by atoms with Gasteiger partial charge in [0.25, 0.3) is 0 Å². The number of nitrogens with zero attached hydrogens (tertiary/aromatic N) is 3. The third-order valence-corrected chi connectivity index (χ3v) is 3.25. The summed E-state index contributed by atoms with van der Waals surface area (Å²) in [7, 11) is 0. The van der Waals surface area contributed by atoms with E-state index in [1.54, 1.807) is 5.57 Å². The summed E-state index contributed by atoms with van der Waals surface area (Å²) in [5.41, 5.74) is 8.49. The second-order valence-electron chi connectivity index (χ2n) is 4.53. The van der Waals surface area contributed by atoms with Crippen LogP contribution in [0.2, 0.25) is 0 Å². The van der Waals surface area contributed by atoms with Crippen molar-refractivity contribution in [3.63, 3.8) is 0 Å². The largest absolute Gasteiger partial charge is 0.383 e. The number of nitrogens with two attached hydrogens (primary N) is 1. The molecule has 0 radical (unpaired) electrons. The van der Waals surface area contributed by atoms with E-state index in [1.807, 2.05) is 13.1 Å². The molecule has 0 bridgehead atoms. The predicted octanol–water partition coefficient (Wildman–Crippen LogP) is 2.75. The Morgan fingerprint density at radius 2 is 2.11 bits per heavy atom. The van der Waals surface area contributed by atoms with Crippen LogP contribution in [0.5, 0.6) is 0 Å². The van der Waals surface area contributed by atoms with Crippen molar-refractivity contribution in [3.8, 4) is 0 Å². The Kier molecular flexibility index (Phi) is 7.99. The number of nitrogen functional groups attached to an aromatic ring is 1. The van der Waals surface area contributed by atoms with E-state index < -0.39 is 0 Å². The quantitative estimate of drug-likeness (QED) is 0.873. The summed E-state index contributed by atoms with van der Waals surface area (Å²) in [5, 5.41) is 0. The minimum absolute atomic E-state index is 0. The van der Waals surface area contributed by atoms with Gasteiger partial charge in [-0.15, -0.1) is 24.8 Å². The van der Waals surface area contributed by atoms with Gasteiger partial charge in [0.15, 0.2) is 0 Å². The third-order valence-electron chi connectivity index (χ3n) is 3.25. The molecule has 1 aromatic rings. The van der Waals surface area contributed by atoms with Gasteiger partial charge in [-0.05, 0) is 19.8 Å².